The Kier molecular flexibility index (Phi) is 1.95. The Labute approximate surface area is 106 Å². The molecule has 2 aliphatic rings. The molecule has 18 heavy (non-hydrogen) atoms. The number of ether oxygens (including phenoxy) is 1. The zero-order chi connectivity index (χ0) is 11.9. The lowest BCUT2D eigenvalue weighted by molar-refractivity contribution is 0.177. The van der Waals surface area contributed by atoms with Crippen LogP contribution in [0.2, 0.25) is 0 Å². The van der Waals surface area contributed by atoms with E-state index in [1.807, 2.05) is 6.08 Å². The molecule has 1 aliphatic carbocycles. The van der Waals surface area contributed by atoms with Gasteiger partial charge in [0.05, 0.1) is 6.26 Å². The number of hydrogen-bond donors (Lipinski definition) is 0. The standard InChI is InChI=1S/C17H12O/c1-2-5-14-11-16-15(10-13(14)4-1)8-7-12-6-3-9-18-17(12)16/h1-11,17H. The SMILES string of the molecule is C1=COC2C(=C1)C=Cc1cc3ccccc3cc12. The van der Waals surface area contributed by atoms with Crippen molar-refractivity contribution in [3.8, 4) is 0 Å². The molecular formula is C17H12O. The van der Waals surface area contributed by atoms with Crippen LogP contribution in [0.3, 0.4) is 0 Å². The van der Waals surface area contributed by atoms with E-state index >= 15 is 0 Å². The van der Waals surface area contributed by atoms with E-state index in [1.165, 1.54) is 27.5 Å². The van der Waals surface area contributed by atoms with Gasteiger partial charge in [-0.25, -0.2) is 0 Å². The highest BCUT2D eigenvalue weighted by Gasteiger charge is 2.23. The van der Waals surface area contributed by atoms with Gasteiger partial charge in [0.2, 0.25) is 0 Å². The van der Waals surface area contributed by atoms with Crippen molar-refractivity contribution in [2.75, 3.05) is 0 Å². The molecule has 0 saturated heterocycles. The van der Waals surface area contributed by atoms with E-state index in [-0.39, 0.29) is 6.10 Å². The van der Waals surface area contributed by atoms with Crippen molar-refractivity contribution in [1.82, 2.24) is 0 Å². The molecule has 1 heterocycles. The van der Waals surface area contributed by atoms with Gasteiger partial charge in [0, 0.05) is 5.56 Å². The summed E-state index contributed by atoms with van der Waals surface area (Å²) in [6.45, 7) is 0. The largest absolute Gasteiger partial charge is 0.489 e. The maximum atomic E-state index is 5.76. The van der Waals surface area contributed by atoms with Crippen molar-refractivity contribution >= 4 is 16.8 Å². The molecule has 1 unspecified atom stereocenters. The molecule has 86 valence electrons. The molecule has 2 aromatic rings. The first-order valence-corrected chi connectivity index (χ1v) is 6.15. The molecule has 1 nitrogen and oxygen atoms in total. The Morgan fingerprint density at radius 1 is 0.944 bits per heavy atom. The first kappa shape index (κ1) is 9.72. The quantitative estimate of drug-likeness (QED) is 0.655. The molecule has 0 bridgehead atoms. The van der Waals surface area contributed by atoms with Gasteiger partial charge in [-0.15, -0.1) is 0 Å². The predicted octanol–water partition coefficient (Wildman–Crippen LogP) is 4.38. The van der Waals surface area contributed by atoms with Gasteiger partial charge in [0.25, 0.3) is 0 Å². The van der Waals surface area contributed by atoms with Crippen molar-refractivity contribution < 1.29 is 4.74 Å². The van der Waals surface area contributed by atoms with Crippen LogP contribution in [0.15, 0.2) is 66.5 Å². The molecule has 1 aliphatic heterocycles. The molecule has 0 aromatic heterocycles. The summed E-state index contributed by atoms with van der Waals surface area (Å²) >= 11 is 0. The van der Waals surface area contributed by atoms with Crippen LogP contribution in [0.25, 0.3) is 16.8 Å². The summed E-state index contributed by atoms with van der Waals surface area (Å²) in [5, 5.41) is 2.55. The smallest absolute Gasteiger partial charge is 0.149 e. The highest BCUT2D eigenvalue weighted by atomic mass is 16.5. The van der Waals surface area contributed by atoms with E-state index in [0.717, 1.165) is 0 Å². The Bertz CT molecular complexity index is 719. The molecule has 4 rings (SSSR count). The summed E-state index contributed by atoms with van der Waals surface area (Å²) in [7, 11) is 0. The minimum absolute atomic E-state index is 0.0552. The normalized spacial score (nSPS) is 20.0. The van der Waals surface area contributed by atoms with Crippen molar-refractivity contribution in [2.24, 2.45) is 0 Å². The van der Waals surface area contributed by atoms with Crippen LogP contribution >= 0.6 is 0 Å². The van der Waals surface area contributed by atoms with Crippen LogP contribution in [-0.4, -0.2) is 0 Å². The van der Waals surface area contributed by atoms with Gasteiger partial charge in [-0.05, 0) is 40.1 Å². The second kappa shape index (κ2) is 3.61. The fourth-order valence-electron chi connectivity index (χ4n) is 2.67. The summed E-state index contributed by atoms with van der Waals surface area (Å²) in [5.74, 6) is 0. The average molecular weight is 232 g/mol. The molecule has 0 radical (unpaired) electrons. The van der Waals surface area contributed by atoms with Gasteiger partial charge in [-0.3, -0.25) is 0 Å². The second-order valence-electron chi connectivity index (χ2n) is 4.67. The van der Waals surface area contributed by atoms with Crippen LogP contribution in [0.1, 0.15) is 17.2 Å². The molecule has 1 heteroatoms. The zero-order valence-corrected chi connectivity index (χ0v) is 9.84. The summed E-state index contributed by atoms with van der Waals surface area (Å²) in [6, 6.07) is 12.9. The Morgan fingerprint density at radius 2 is 1.78 bits per heavy atom. The van der Waals surface area contributed by atoms with E-state index in [4.69, 9.17) is 4.74 Å². The molecule has 1 atom stereocenters. The Morgan fingerprint density at radius 3 is 2.67 bits per heavy atom. The van der Waals surface area contributed by atoms with Gasteiger partial charge in [-0.2, -0.15) is 0 Å². The molecule has 2 aromatic carbocycles. The van der Waals surface area contributed by atoms with Crippen LogP contribution in [0.5, 0.6) is 0 Å². The summed E-state index contributed by atoms with van der Waals surface area (Å²) in [4.78, 5) is 0. The van der Waals surface area contributed by atoms with Gasteiger partial charge >= 0.3 is 0 Å². The van der Waals surface area contributed by atoms with Crippen molar-refractivity contribution in [3.05, 3.63) is 77.6 Å². The lowest BCUT2D eigenvalue weighted by Gasteiger charge is -2.26. The topological polar surface area (TPSA) is 9.23 Å². The summed E-state index contributed by atoms with van der Waals surface area (Å²) in [6.07, 6.45) is 10.2. The van der Waals surface area contributed by atoms with Crippen LogP contribution in [0, 0.1) is 0 Å². The fraction of sp³-hybridized carbons (Fsp3) is 0.0588. The first-order chi connectivity index (χ1) is 8.92. The van der Waals surface area contributed by atoms with E-state index in [1.54, 1.807) is 6.26 Å². The minimum atomic E-state index is 0.0552. The molecule has 0 N–H and O–H groups in total. The monoisotopic (exact) mass is 232 g/mol. The van der Waals surface area contributed by atoms with Crippen molar-refractivity contribution in [3.63, 3.8) is 0 Å². The number of allylic oxidation sites excluding steroid dienone is 2. The van der Waals surface area contributed by atoms with Crippen LogP contribution in [-0.2, 0) is 4.74 Å². The third-order valence-corrected chi connectivity index (χ3v) is 3.57. The maximum Gasteiger partial charge on any atom is 0.149 e. The van der Waals surface area contributed by atoms with E-state index in [2.05, 4.69) is 54.6 Å². The minimum Gasteiger partial charge on any atom is -0.489 e. The highest BCUT2D eigenvalue weighted by molar-refractivity contribution is 5.87. The predicted molar refractivity (Wildman–Crippen MR) is 74.0 cm³/mol. The fourth-order valence-corrected chi connectivity index (χ4v) is 2.67. The third kappa shape index (κ3) is 1.34. The highest BCUT2D eigenvalue weighted by Crippen LogP contribution is 2.38. The molecule has 0 amide bonds. The Hall–Kier alpha value is -2.28. The Balaban J connectivity index is 1.99. The maximum absolute atomic E-state index is 5.76. The number of rotatable bonds is 0. The van der Waals surface area contributed by atoms with Gasteiger partial charge in [0.1, 0.15) is 6.10 Å². The summed E-state index contributed by atoms with van der Waals surface area (Å²) in [5.41, 5.74) is 3.73. The van der Waals surface area contributed by atoms with Gasteiger partial charge in [0.15, 0.2) is 0 Å². The van der Waals surface area contributed by atoms with E-state index < -0.39 is 0 Å². The molecule has 0 fully saturated rings. The summed E-state index contributed by atoms with van der Waals surface area (Å²) < 4.78 is 5.76. The molecular weight excluding hydrogens is 220 g/mol. The van der Waals surface area contributed by atoms with Gasteiger partial charge in [-0.1, -0.05) is 42.5 Å². The van der Waals surface area contributed by atoms with Crippen LogP contribution in [0.4, 0.5) is 0 Å². The van der Waals surface area contributed by atoms with E-state index in [9.17, 15) is 0 Å². The molecule has 0 spiro atoms. The average Bonchev–Trinajstić information content (AvgIpc) is 2.45. The first-order valence-electron chi connectivity index (χ1n) is 6.15. The van der Waals surface area contributed by atoms with Crippen molar-refractivity contribution in [1.29, 1.82) is 0 Å². The zero-order valence-electron chi connectivity index (χ0n) is 9.84. The number of fused-ring (bicyclic) bond motifs is 4. The van der Waals surface area contributed by atoms with E-state index in [0.29, 0.717) is 0 Å². The van der Waals surface area contributed by atoms with Gasteiger partial charge < -0.3 is 4.74 Å². The lowest BCUT2D eigenvalue weighted by atomic mass is 9.88. The second-order valence-corrected chi connectivity index (χ2v) is 4.67. The van der Waals surface area contributed by atoms with Crippen molar-refractivity contribution in [2.45, 2.75) is 6.10 Å². The molecule has 0 saturated carbocycles. The number of hydrogen-bond acceptors (Lipinski definition) is 1. The van der Waals surface area contributed by atoms with Crippen LogP contribution < -0.4 is 0 Å². The third-order valence-electron chi connectivity index (χ3n) is 3.57. The number of benzene rings is 2. The lowest BCUT2D eigenvalue weighted by Crippen LogP contribution is -2.10.